The molecule has 0 aromatic rings. The smallest absolute Gasteiger partial charge is 0.0577 e. The van der Waals surface area contributed by atoms with Gasteiger partial charge in [-0.15, -0.1) is 0 Å². The van der Waals surface area contributed by atoms with Crippen LogP contribution in [0.15, 0.2) is 11.6 Å². The lowest BCUT2D eigenvalue weighted by atomic mass is 9.47. The summed E-state index contributed by atoms with van der Waals surface area (Å²) in [6.45, 7) is 5.19. The Morgan fingerprint density at radius 3 is 2.58 bits per heavy atom. The van der Waals surface area contributed by atoms with Gasteiger partial charge in [0.1, 0.15) is 0 Å². The molecule has 2 N–H and O–H groups in total. The Balaban J connectivity index is 1.21. The molecule has 4 saturated carbocycles. The van der Waals surface area contributed by atoms with Gasteiger partial charge in [-0.2, -0.15) is 0 Å². The van der Waals surface area contributed by atoms with E-state index in [-0.39, 0.29) is 12.2 Å². The molecule has 0 aromatic carbocycles. The molecule has 5 aliphatic carbocycles. The van der Waals surface area contributed by atoms with Crippen molar-refractivity contribution in [3.8, 4) is 0 Å². The molecule has 0 radical (unpaired) electrons. The van der Waals surface area contributed by atoms with Crippen molar-refractivity contribution in [1.82, 2.24) is 0 Å². The molecule has 2 heteroatoms. The van der Waals surface area contributed by atoms with Gasteiger partial charge < -0.3 is 10.2 Å². The van der Waals surface area contributed by atoms with Gasteiger partial charge in [0.25, 0.3) is 0 Å². The molecule has 0 spiro atoms. The normalized spacial score (nSPS) is 46.6. The molecular formula is C29H48O2. The molecule has 31 heavy (non-hydrogen) atoms. The fraction of sp³-hybridized carbons (Fsp3) is 0.931. The Bertz CT molecular complexity index is 664. The Morgan fingerprint density at radius 2 is 1.77 bits per heavy atom. The Labute approximate surface area is 191 Å². The number of rotatable bonds is 5. The third-order valence-electron chi connectivity index (χ3n) is 11.5. The Kier molecular flexibility index (Phi) is 6.36. The highest BCUT2D eigenvalue weighted by atomic mass is 16.3. The second-order valence-corrected chi connectivity index (χ2v) is 12.9. The van der Waals surface area contributed by atoms with E-state index < -0.39 is 0 Å². The summed E-state index contributed by atoms with van der Waals surface area (Å²) in [7, 11) is 0. The van der Waals surface area contributed by atoms with Gasteiger partial charge >= 0.3 is 0 Å². The van der Waals surface area contributed by atoms with Crippen LogP contribution >= 0.6 is 0 Å². The van der Waals surface area contributed by atoms with E-state index in [4.69, 9.17) is 0 Å². The predicted molar refractivity (Wildman–Crippen MR) is 128 cm³/mol. The first-order chi connectivity index (χ1) is 14.9. The van der Waals surface area contributed by atoms with Crippen LogP contribution in [0.1, 0.15) is 117 Å². The number of hydrogen-bond acceptors (Lipinski definition) is 2. The number of fused-ring (bicyclic) bond motifs is 5. The van der Waals surface area contributed by atoms with E-state index in [9.17, 15) is 10.2 Å². The monoisotopic (exact) mass is 428 g/mol. The zero-order chi connectivity index (χ0) is 21.6. The largest absolute Gasteiger partial charge is 0.393 e. The standard InChI is InChI=1S/C29H48O2/c1-28-18-16-26-24(13-11-22-19-23(30)15-17-29(22,26)2)25(28)14-12-21(28)9-6-10-27(31)20-7-4-3-5-8-20/h11,20-21,23-27,30-31H,3-10,12-19H2,1-2H3/t21?,23-,24?,25?,26?,27?,28?,29?/m0/s1. The maximum Gasteiger partial charge on any atom is 0.0577 e. The van der Waals surface area contributed by atoms with E-state index in [1.54, 1.807) is 5.57 Å². The summed E-state index contributed by atoms with van der Waals surface area (Å²) in [6.07, 6.45) is 22.7. The van der Waals surface area contributed by atoms with Crippen molar-refractivity contribution in [3.63, 3.8) is 0 Å². The van der Waals surface area contributed by atoms with Gasteiger partial charge in [-0.1, -0.05) is 51.2 Å². The maximum atomic E-state index is 10.7. The topological polar surface area (TPSA) is 40.5 Å². The first kappa shape index (κ1) is 22.5. The molecule has 0 heterocycles. The van der Waals surface area contributed by atoms with Gasteiger partial charge in [0, 0.05) is 0 Å². The van der Waals surface area contributed by atoms with E-state index >= 15 is 0 Å². The lowest BCUT2D eigenvalue weighted by Crippen LogP contribution is -2.50. The summed E-state index contributed by atoms with van der Waals surface area (Å²) in [6, 6.07) is 0. The molecule has 4 fully saturated rings. The van der Waals surface area contributed by atoms with E-state index in [1.807, 2.05) is 0 Å². The minimum Gasteiger partial charge on any atom is -0.393 e. The second kappa shape index (κ2) is 8.79. The molecule has 8 atom stereocenters. The molecular weight excluding hydrogens is 380 g/mol. The SMILES string of the molecule is CC12CC[C@H](O)CC1=CCC1C2CCC2(C)C(CCCC(O)C3CCCCC3)CCC12. The van der Waals surface area contributed by atoms with Crippen LogP contribution in [0.4, 0.5) is 0 Å². The van der Waals surface area contributed by atoms with Crippen molar-refractivity contribution in [1.29, 1.82) is 0 Å². The van der Waals surface area contributed by atoms with Gasteiger partial charge in [0.15, 0.2) is 0 Å². The van der Waals surface area contributed by atoms with Crippen molar-refractivity contribution >= 4 is 0 Å². The van der Waals surface area contributed by atoms with Gasteiger partial charge in [-0.25, -0.2) is 0 Å². The highest BCUT2D eigenvalue weighted by molar-refractivity contribution is 5.25. The summed E-state index contributed by atoms with van der Waals surface area (Å²) in [5.41, 5.74) is 2.50. The van der Waals surface area contributed by atoms with Crippen LogP contribution in [0.5, 0.6) is 0 Å². The van der Waals surface area contributed by atoms with E-state index in [2.05, 4.69) is 19.9 Å². The molecule has 7 unspecified atom stereocenters. The minimum absolute atomic E-state index is 0.0375. The molecule has 0 saturated heterocycles. The fourth-order valence-electron chi connectivity index (χ4n) is 9.55. The van der Waals surface area contributed by atoms with E-state index in [0.29, 0.717) is 16.7 Å². The highest BCUT2D eigenvalue weighted by Gasteiger charge is 2.58. The molecule has 0 aliphatic heterocycles. The quantitative estimate of drug-likeness (QED) is 0.461. The maximum absolute atomic E-state index is 10.7. The summed E-state index contributed by atoms with van der Waals surface area (Å²) < 4.78 is 0. The van der Waals surface area contributed by atoms with Crippen LogP contribution < -0.4 is 0 Å². The third-order valence-corrected chi connectivity index (χ3v) is 11.5. The first-order valence-electron chi connectivity index (χ1n) is 14.0. The minimum atomic E-state index is -0.0930. The van der Waals surface area contributed by atoms with Gasteiger partial charge in [-0.05, 0) is 117 Å². The molecule has 0 amide bonds. The van der Waals surface area contributed by atoms with Crippen molar-refractivity contribution in [2.75, 3.05) is 0 Å². The van der Waals surface area contributed by atoms with E-state index in [1.165, 1.54) is 83.5 Å². The van der Waals surface area contributed by atoms with Crippen LogP contribution in [0.3, 0.4) is 0 Å². The average Bonchev–Trinajstić information content (AvgIpc) is 3.11. The summed E-state index contributed by atoms with van der Waals surface area (Å²) in [4.78, 5) is 0. The van der Waals surface area contributed by atoms with Crippen molar-refractivity contribution < 1.29 is 10.2 Å². The number of hydrogen-bond donors (Lipinski definition) is 2. The van der Waals surface area contributed by atoms with Gasteiger partial charge in [0.2, 0.25) is 0 Å². The summed E-state index contributed by atoms with van der Waals surface area (Å²) in [5.74, 6) is 4.10. The van der Waals surface area contributed by atoms with Gasteiger partial charge in [-0.3, -0.25) is 0 Å². The lowest BCUT2D eigenvalue weighted by molar-refractivity contribution is -0.0513. The fourth-order valence-corrected chi connectivity index (χ4v) is 9.55. The summed E-state index contributed by atoms with van der Waals surface area (Å²) >= 11 is 0. The van der Waals surface area contributed by atoms with Crippen molar-refractivity contribution in [2.45, 2.75) is 129 Å². The average molecular weight is 429 g/mol. The predicted octanol–water partition coefficient (Wildman–Crippen LogP) is 7.04. The Hall–Kier alpha value is -0.340. The lowest BCUT2D eigenvalue weighted by Gasteiger charge is -2.58. The number of aliphatic hydroxyl groups excluding tert-OH is 2. The van der Waals surface area contributed by atoms with Crippen LogP contribution in [0.25, 0.3) is 0 Å². The number of allylic oxidation sites excluding steroid dienone is 1. The van der Waals surface area contributed by atoms with Crippen molar-refractivity contribution in [3.05, 3.63) is 11.6 Å². The second-order valence-electron chi connectivity index (χ2n) is 12.9. The van der Waals surface area contributed by atoms with E-state index in [0.717, 1.165) is 42.9 Å². The van der Waals surface area contributed by atoms with Crippen LogP contribution in [-0.4, -0.2) is 22.4 Å². The first-order valence-corrected chi connectivity index (χ1v) is 14.0. The third kappa shape index (κ3) is 3.96. The molecule has 5 rings (SSSR count). The summed E-state index contributed by atoms with van der Waals surface area (Å²) in [5, 5.41) is 21.0. The molecule has 0 bridgehead atoms. The molecule has 0 aromatic heterocycles. The number of aliphatic hydroxyl groups is 2. The van der Waals surface area contributed by atoms with Crippen molar-refractivity contribution in [2.24, 2.45) is 40.4 Å². The molecule has 5 aliphatic rings. The molecule has 176 valence electrons. The molecule has 2 nitrogen and oxygen atoms in total. The van der Waals surface area contributed by atoms with Crippen LogP contribution in [-0.2, 0) is 0 Å². The van der Waals surface area contributed by atoms with Crippen LogP contribution in [0, 0.1) is 40.4 Å². The van der Waals surface area contributed by atoms with Gasteiger partial charge in [0.05, 0.1) is 12.2 Å². The zero-order valence-corrected chi connectivity index (χ0v) is 20.3. The zero-order valence-electron chi connectivity index (χ0n) is 20.3. The highest BCUT2D eigenvalue weighted by Crippen LogP contribution is 2.66. The van der Waals surface area contributed by atoms with Crippen LogP contribution in [0.2, 0.25) is 0 Å². The Morgan fingerprint density at radius 1 is 0.968 bits per heavy atom.